The van der Waals surface area contributed by atoms with Crippen molar-refractivity contribution in [2.45, 2.75) is 12.8 Å². The zero-order chi connectivity index (χ0) is 19.3. The SMILES string of the molecule is Fc1cc(Cl)ccc1-c1cc(NCCCc2cccnc2)c2ccccc2n1. The van der Waals surface area contributed by atoms with Gasteiger partial charge in [0.25, 0.3) is 0 Å². The van der Waals surface area contributed by atoms with Crippen LogP contribution in [0.4, 0.5) is 10.1 Å². The molecule has 0 saturated heterocycles. The van der Waals surface area contributed by atoms with E-state index in [1.54, 1.807) is 18.3 Å². The Balaban J connectivity index is 1.59. The van der Waals surface area contributed by atoms with Crippen molar-refractivity contribution in [1.29, 1.82) is 0 Å². The van der Waals surface area contributed by atoms with Crippen molar-refractivity contribution in [3.8, 4) is 11.3 Å². The summed E-state index contributed by atoms with van der Waals surface area (Å²) in [6.45, 7) is 0.797. The Labute approximate surface area is 168 Å². The fourth-order valence-corrected chi connectivity index (χ4v) is 3.38. The quantitative estimate of drug-likeness (QED) is 0.401. The highest BCUT2D eigenvalue weighted by atomic mass is 35.5. The van der Waals surface area contributed by atoms with Crippen molar-refractivity contribution >= 4 is 28.2 Å². The average Bonchev–Trinajstić information content (AvgIpc) is 2.72. The van der Waals surface area contributed by atoms with Crippen molar-refractivity contribution in [3.05, 3.63) is 89.5 Å². The lowest BCUT2D eigenvalue weighted by atomic mass is 10.1. The zero-order valence-corrected chi connectivity index (χ0v) is 16.0. The van der Waals surface area contributed by atoms with Crippen LogP contribution in [0.5, 0.6) is 0 Å². The van der Waals surface area contributed by atoms with Gasteiger partial charge < -0.3 is 5.32 Å². The molecule has 1 N–H and O–H groups in total. The Morgan fingerprint density at radius 3 is 2.71 bits per heavy atom. The molecule has 3 nitrogen and oxygen atoms in total. The third kappa shape index (κ3) is 4.12. The van der Waals surface area contributed by atoms with Crippen LogP contribution in [0.15, 0.2) is 73.1 Å². The molecule has 2 aromatic heterocycles. The highest BCUT2D eigenvalue weighted by Crippen LogP contribution is 2.30. The van der Waals surface area contributed by atoms with E-state index < -0.39 is 0 Å². The van der Waals surface area contributed by atoms with Crippen molar-refractivity contribution in [1.82, 2.24) is 9.97 Å². The molecule has 0 aliphatic heterocycles. The molecule has 0 aliphatic carbocycles. The van der Waals surface area contributed by atoms with Gasteiger partial charge in [-0.05, 0) is 54.8 Å². The van der Waals surface area contributed by atoms with Gasteiger partial charge in [0.05, 0.1) is 11.2 Å². The summed E-state index contributed by atoms with van der Waals surface area (Å²) in [7, 11) is 0. The van der Waals surface area contributed by atoms with Crippen LogP contribution >= 0.6 is 11.6 Å². The van der Waals surface area contributed by atoms with E-state index in [2.05, 4.69) is 21.4 Å². The van der Waals surface area contributed by atoms with E-state index in [0.29, 0.717) is 16.3 Å². The fourth-order valence-electron chi connectivity index (χ4n) is 3.22. The summed E-state index contributed by atoms with van der Waals surface area (Å²) in [5.74, 6) is -0.377. The summed E-state index contributed by atoms with van der Waals surface area (Å²) in [6.07, 6.45) is 5.58. The average molecular weight is 392 g/mol. The molecular weight excluding hydrogens is 373 g/mol. The fraction of sp³-hybridized carbons (Fsp3) is 0.130. The number of halogens is 2. The second-order valence-corrected chi connectivity index (χ2v) is 7.02. The summed E-state index contributed by atoms with van der Waals surface area (Å²) >= 11 is 5.89. The molecule has 0 unspecified atom stereocenters. The monoisotopic (exact) mass is 391 g/mol. The number of anilines is 1. The molecule has 0 bridgehead atoms. The molecule has 140 valence electrons. The maximum absolute atomic E-state index is 14.4. The molecule has 2 aromatic carbocycles. The molecule has 0 radical (unpaired) electrons. The van der Waals surface area contributed by atoms with Crippen LogP contribution in [-0.2, 0) is 6.42 Å². The van der Waals surface area contributed by atoms with Gasteiger partial charge in [-0.25, -0.2) is 9.37 Å². The molecule has 4 aromatic rings. The van der Waals surface area contributed by atoms with Gasteiger partial charge in [-0.15, -0.1) is 0 Å². The smallest absolute Gasteiger partial charge is 0.134 e. The lowest BCUT2D eigenvalue weighted by Crippen LogP contribution is -2.04. The molecule has 0 fully saturated rings. The number of fused-ring (bicyclic) bond motifs is 1. The number of para-hydroxylation sites is 1. The Kier molecular flexibility index (Phi) is 5.49. The van der Waals surface area contributed by atoms with Crippen LogP contribution in [0.1, 0.15) is 12.0 Å². The topological polar surface area (TPSA) is 37.8 Å². The predicted molar refractivity (Wildman–Crippen MR) is 113 cm³/mol. The number of aryl methyl sites for hydroxylation is 1. The highest BCUT2D eigenvalue weighted by Gasteiger charge is 2.11. The first-order valence-corrected chi connectivity index (χ1v) is 9.56. The van der Waals surface area contributed by atoms with Crippen LogP contribution in [0.2, 0.25) is 5.02 Å². The molecule has 0 spiro atoms. The third-order valence-corrected chi connectivity index (χ3v) is 4.84. The molecule has 0 aliphatic rings. The molecular formula is C23H19ClFN3. The Morgan fingerprint density at radius 2 is 1.89 bits per heavy atom. The molecule has 0 atom stereocenters. The molecule has 28 heavy (non-hydrogen) atoms. The Bertz CT molecular complexity index is 1100. The number of hydrogen-bond acceptors (Lipinski definition) is 3. The van der Waals surface area contributed by atoms with Crippen LogP contribution in [0.25, 0.3) is 22.2 Å². The van der Waals surface area contributed by atoms with Crippen molar-refractivity contribution in [2.75, 3.05) is 11.9 Å². The maximum atomic E-state index is 14.4. The Hall–Kier alpha value is -2.98. The Morgan fingerprint density at radius 1 is 1.00 bits per heavy atom. The molecule has 2 heterocycles. The van der Waals surface area contributed by atoms with Crippen molar-refractivity contribution in [3.63, 3.8) is 0 Å². The van der Waals surface area contributed by atoms with E-state index in [1.807, 2.05) is 42.6 Å². The zero-order valence-electron chi connectivity index (χ0n) is 15.2. The number of benzene rings is 2. The second kappa shape index (κ2) is 8.36. The van der Waals surface area contributed by atoms with Gasteiger partial charge in [-0.2, -0.15) is 0 Å². The first kappa shape index (κ1) is 18.4. The first-order chi connectivity index (χ1) is 13.7. The number of nitrogens with one attached hydrogen (secondary N) is 1. The van der Waals surface area contributed by atoms with E-state index in [9.17, 15) is 4.39 Å². The van der Waals surface area contributed by atoms with Gasteiger partial charge in [0.2, 0.25) is 0 Å². The van der Waals surface area contributed by atoms with Crippen molar-refractivity contribution in [2.24, 2.45) is 0 Å². The van der Waals surface area contributed by atoms with Crippen LogP contribution < -0.4 is 5.32 Å². The lowest BCUT2D eigenvalue weighted by Gasteiger charge is -2.13. The minimum absolute atomic E-state index is 0.371. The summed E-state index contributed by atoms with van der Waals surface area (Å²) in [6, 6.07) is 18.5. The normalized spacial score (nSPS) is 10.9. The van der Waals surface area contributed by atoms with E-state index in [0.717, 1.165) is 36.0 Å². The van der Waals surface area contributed by atoms with E-state index >= 15 is 0 Å². The minimum Gasteiger partial charge on any atom is -0.384 e. The summed E-state index contributed by atoms with van der Waals surface area (Å²) in [5, 5.41) is 4.88. The van der Waals surface area contributed by atoms with Crippen LogP contribution in [0.3, 0.4) is 0 Å². The van der Waals surface area contributed by atoms with E-state index in [1.165, 1.54) is 11.6 Å². The van der Waals surface area contributed by atoms with Gasteiger partial charge in [0.15, 0.2) is 0 Å². The molecule has 0 saturated carbocycles. The van der Waals surface area contributed by atoms with E-state index in [-0.39, 0.29) is 5.82 Å². The number of pyridine rings is 2. The highest BCUT2D eigenvalue weighted by molar-refractivity contribution is 6.30. The molecule has 0 amide bonds. The van der Waals surface area contributed by atoms with E-state index in [4.69, 9.17) is 11.6 Å². The molecule has 4 rings (SSSR count). The maximum Gasteiger partial charge on any atom is 0.134 e. The predicted octanol–water partition coefficient (Wildman–Crippen LogP) is 6.13. The number of hydrogen-bond donors (Lipinski definition) is 1. The standard InChI is InChI=1S/C23H19ClFN3/c24-17-9-10-18(20(25)13-17)23-14-22(19-7-1-2-8-21(19)28-23)27-12-4-6-16-5-3-11-26-15-16/h1-3,5,7-11,13-15H,4,6,12H2,(H,27,28). The third-order valence-electron chi connectivity index (χ3n) is 4.60. The first-order valence-electron chi connectivity index (χ1n) is 9.19. The van der Waals surface area contributed by atoms with Gasteiger partial charge in [-0.3, -0.25) is 4.98 Å². The number of aromatic nitrogens is 2. The molecule has 5 heteroatoms. The minimum atomic E-state index is -0.377. The lowest BCUT2D eigenvalue weighted by molar-refractivity contribution is 0.631. The van der Waals surface area contributed by atoms with Crippen molar-refractivity contribution < 1.29 is 4.39 Å². The summed E-state index contributed by atoms with van der Waals surface area (Å²) < 4.78 is 14.4. The van der Waals surface area contributed by atoms with Gasteiger partial charge >= 0.3 is 0 Å². The van der Waals surface area contributed by atoms with Crippen LogP contribution in [0, 0.1) is 5.82 Å². The number of nitrogens with zero attached hydrogens (tertiary/aromatic N) is 2. The van der Waals surface area contributed by atoms with Gasteiger partial charge in [-0.1, -0.05) is 35.9 Å². The largest absolute Gasteiger partial charge is 0.384 e. The summed E-state index contributed by atoms with van der Waals surface area (Å²) in [4.78, 5) is 8.79. The number of rotatable bonds is 6. The van der Waals surface area contributed by atoms with Gasteiger partial charge in [0.1, 0.15) is 5.82 Å². The second-order valence-electron chi connectivity index (χ2n) is 6.59. The van der Waals surface area contributed by atoms with Crippen LogP contribution in [-0.4, -0.2) is 16.5 Å². The van der Waals surface area contributed by atoms with Gasteiger partial charge in [0, 0.05) is 40.6 Å². The summed E-state index contributed by atoms with van der Waals surface area (Å²) in [5.41, 5.74) is 4.01.